The molecule has 0 fully saturated rings. The molecule has 0 aliphatic heterocycles. The zero-order chi connectivity index (χ0) is 21.6. The summed E-state index contributed by atoms with van der Waals surface area (Å²) in [5.41, 5.74) is 5.68. The van der Waals surface area contributed by atoms with Gasteiger partial charge in [0.15, 0.2) is 0 Å². The van der Waals surface area contributed by atoms with Gasteiger partial charge in [-0.25, -0.2) is 8.42 Å². The molecule has 5 N–H and O–H groups in total. The SMILES string of the molecule is NC(=O)CCC(NS(=O)(=O)c1ccc(NC(=O)c2ccc(Cl)cc2)cc1)C(=O)O. The lowest BCUT2D eigenvalue weighted by molar-refractivity contribution is -0.139. The number of carboxylic acids is 1. The summed E-state index contributed by atoms with van der Waals surface area (Å²) in [4.78, 5) is 34.0. The van der Waals surface area contributed by atoms with E-state index in [9.17, 15) is 22.8 Å². The van der Waals surface area contributed by atoms with Crippen LogP contribution in [0.1, 0.15) is 23.2 Å². The molecular weight excluding hydrogens is 422 g/mol. The van der Waals surface area contributed by atoms with Gasteiger partial charge in [-0.2, -0.15) is 4.72 Å². The minimum atomic E-state index is -4.16. The third-order valence-electron chi connectivity index (χ3n) is 3.80. The predicted octanol–water partition coefficient (Wildman–Crippen LogP) is 1.59. The smallest absolute Gasteiger partial charge is 0.321 e. The molecule has 1 atom stereocenters. The van der Waals surface area contributed by atoms with Crippen molar-refractivity contribution in [3.05, 3.63) is 59.1 Å². The number of sulfonamides is 1. The van der Waals surface area contributed by atoms with Gasteiger partial charge in [-0.05, 0) is 55.0 Å². The van der Waals surface area contributed by atoms with Gasteiger partial charge < -0.3 is 16.2 Å². The zero-order valence-corrected chi connectivity index (χ0v) is 16.5. The summed E-state index contributed by atoms with van der Waals surface area (Å²) in [5, 5.41) is 12.2. The average molecular weight is 440 g/mol. The van der Waals surface area contributed by atoms with Crippen molar-refractivity contribution in [1.82, 2.24) is 4.72 Å². The van der Waals surface area contributed by atoms with Crippen LogP contribution in [0, 0.1) is 0 Å². The molecule has 0 aliphatic rings. The van der Waals surface area contributed by atoms with Crippen LogP contribution in [0.15, 0.2) is 53.4 Å². The molecule has 0 spiro atoms. The molecule has 29 heavy (non-hydrogen) atoms. The van der Waals surface area contributed by atoms with Gasteiger partial charge in [0, 0.05) is 22.7 Å². The molecule has 154 valence electrons. The Kier molecular flexibility index (Phi) is 7.32. The van der Waals surface area contributed by atoms with E-state index >= 15 is 0 Å². The second-order valence-corrected chi connectivity index (χ2v) is 8.15. The number of rotatable bonds is 9. The fourth-order valence-electron chi connectivity index (χ4n) is 2.30. The number of amides is 2. The zero-order valence-electron chi connectivity index (χ0n) is 15.0. The fourth-order valence-corrected chi connectivity index (χ4v) is 3.65. The van der Waals surface area contributed by atoms with E-state index in [0.717, 1.165) is 0 Å². The van der Waals surface area contributed by atoms with Crippen molar-refractivity contribution in [3.63, 3.8) is 0 Å². The average Bonchev–Trinajstić information content (AvgIpc) is 2.65. The first-order chi connectivity index (χ1) is 13.6. The number of primary amides is 1. The largest absolute Gasteiger partial charge is 0.480 e. The minimum absolute atomic E-state index is 0.202. The highest BCUT2D eigenvalue weighted by atomic mass is 35.5. The molecule has 2 rings (SSSR count). The molecule has 1 unspecified atom stereocenters. The van der Waals surface area contributed by atoms with Gasteiger partial charge in [0.05, 0.1) is 4.90 Å². The number of hydrogen-bond acceptors (Lipinski definition) is 5. The maximum Gasteiger partial charge on any atom is 0.321 e. The first kappa shape index (κ1) is 22.3. The Morgan fingerprint density at radius 3 is 2.14 bits per heavy atom. The van der Waals surface area contributed by atoms with Gasteiger partial charge in [0.25, 0.3) is 5.91 Å². The van der Waals surface area contributed by atoms with Crippen molar-refractivity contribution in [2.75, 3.05) is 5.32 Å². The first-order valence-corrected chi connectivity index (χ1v) is 10.1. The van der Waals surface area contributed by atoms with E-state index in [1.807, 2.05) is 4.72 Å². The molecule has 11 heteroatoms. The maximum atomic E-state index is 12.4. The summed E-state index contributed by atoms with van der Waals surface area (Å²) in [7, 11) is -4.16. The van der Waals surface area contributed by atoms with Gasteiger partial charge in [0.1, 0.15) is 6.04 Å². The first-order valence-electron chi connectivity index (χ1n) is 8.29. The molecule has 0 heterocycles. The van der Waals surface area contributed by atoms with Crippen molar-refractivity contribution in [3.8, 4) is 0 Å². The number of aliphatic carboxylic acids is 1. The van der Waals surface area contributed by atoms with E-state index in [1.54, 1.807) is 24.3 Å². The second kappa shape index (κ2) is 9.50. The molecule has 0 radical (unpaired) electrons. The lowest BCUT2D eigenvalue weighted by Gasteiger charge is -2.14. The number of nitrogens with one attached hydrogen (secondary N) is 2. The lowest BCUT2D eigenvalue weighted by Crippen LogP contribution is -2.41. The summed E-state index contributed by atoms with van der Waals surface area (Å²) in [6.07, 6.45) is -0.561. The predicted molar refractivity (Wildman–Crippen MR) is 106 cm³/mol. The van der Waals surface area contributed by atoms with Crippen molar-refractivity contribution in [2.24, 2.45) is 5.73 Å². The standard InChI is InChI=1S/C18H18ClN3O6S/c19-12-3-1-11(2-4-12)17(24)21-13-5-7-14(8-6-13)29(27,28)22-15(18(25)26)9-10-16(20)23/h1-8,15,22H,9-10H2,(H2,20,23)(H,21,24)(H,25,26). The molecule has 2 amide bonds. The third kappa shape index (κ3) is 6.56. The van der Waals surface area contributed by atoms with Crippen LogP contribution in [0.3, 0.4) is 0 Å². The highest BCUT2D eigenvalue weighted by Crippen LogP contribution is 2.17. The highest BCUT2D eigenvalue weighted by molar-refractivity contribution is 7.89. The number of halogens is 1. The molecule has 0 aliphatic carbocycles. The summed E-state index contributed by atoms with van der Waals surface area (Å²) >= 11 is 5.77. The Labute approximate surface area is 171 Å². The highest BCUT2D eigenvalue weighted by Gasteiger charge is 2.25. The second-order valence-electron chi connectivity index (χ2n) is 6.00. The summed E-state index contributed by atoms with van der Waals surface area (Å²) in [5.74, 6) is -2.58. The number of carbonyl (C=O) groups excluding carboxylic acids is 2. The van der Waals surface area contributed by atoms with Crippen LogP contribution in [0.4, 0.5) is 5.69 Å². The van der Waals surface area contributed by atoms with Gasteiger partial charge in [-0.1, -0.05) is 11.6 Å². The summed E-state index contributed by atoms with van der Waals surface area (Å²) in [6, 6.07) is 9.86. The molecule has 0 bridgehead atoms. The van der Waals surface area contributed by atoms with E-state index in [0.29, 0.717) is 16.3 Å². The van der Waals surface area contributed by atoms with Gasteiger partial charge in [-0.3, -0.25) is 14.4 Å². The summed E-state index contributed by atoms with van der Waals surface area (Å²) < 4.78 is 26.8. The van der Waals surface area contributed by atoms with Crippen molar-refractivity contribution >= 4 is 45.1 Å². The van der Waals surface area contributed by atoms with Crippen molar-refractivity contribution in [1.29, 1.82) is 0 Å². The monoisotopic (exact) mass is 439 g/mol. The molecular formula is C18H18ClN3O6S. The van der Waals surface area contributed by atoms with Gasteiger partial charge in [0.2, 0.25) is 15.9 Å². The Morgan fingerprint density at radius 2 is 1.62 bits per heavy atom. The van der Waals surface area contributed by atoms with Crippen LogP contribution in [0.2, 0.25) is 5.02 Å². The van der Waals surface area contributed by atoms with E-state index in [-0.39, 0.29) is 17.7 Å². The Morgan fingerprint density at radius 1 is 1.03 bits per heavy atom. The van der Waals surface area contributed by atoms with E-state index in [4.69, 9.17) is 22.4 Å². The maximum absolute atomic E-state index is 12.4. The third-order valence-corrected chi connectivity index (χ3v) is 5.54. The number of anilines is 1. The molecule has 0 saturated heterocycles. The van der Waals surface area contributed by atoms with Gasteiger partial charge in [-0.15, -0.1) is 0 Å². The van der Waals surface area contributed by atoms with Crippen LogP contribution in [0.25, 0.3) is 0 Å². The topological polar surface area (TPSA) is 156 Å². The van der Waals surface area contributed by atoms with E-state index < -0.39 is 33.8 Å². The Bertz CT molecular complexity index is 1010. The van der Waals surface area contributed by atoms with Crippen LogP contribution in [0.5, 0.6) is 0 Å². The molecule has 0 saturated carbocycles. The number of nitrogens with two attached hydrogens (primary N) is 1. The molecule has 9 nitrogen and oxygen atoms in total. The van der Waals surface area contributed by atoms with Gasteiger partial charge >= 0.3 is 5.97 Å². The molecule has 2 aromatic carbocycles. The van der Waals surface area contributed by atoms with E-state index in [2.05, 4.69) is 5.32 Å². The number of benzene rings is 2. The quantitative estimate of drug-likeness (QED) is 0.464. The number of hydrogen-bond donors (Lipinski definition) is 4. The van der Waals surface area contributed by atoms with Crippen LogP contribution in [-0.2, 0) is 19.6 Å². The van der Waals surface area contributed by atoms with Crippen LogP contribution < -0.4 is 15.8 Å². The fraction of sp³-hybridized carbons (Fsp3) is 0.167. The van der Waals surface area contributed by atoms with Crippen molar-refractivity contribution < 1.29 is 27.9 Å². The molecule has 0 aromatic heterocycles. The lowest BCUT2D eigenvalue weighted by atomic mass is 10.2. The van der Waals surface area contributed by atoms with Crippen molar-refractivity contribution in [2.45, 2.75) is 23.8 Å². The Hall–Kier alpha value is -2.95. The van der Waals surface area contributed by atoms with Crippen LogP contribution >= 0.6 is 11.6 Å². The number of carbonyl (C=O) groups is 3. The Balaban J connectivity index is 2.09. The number of carboxylic acid groups (broad SMARTS) is 1. The van der Waals surface area contributed by atoms with E-state index in [1.165, 1.54) is 24.3 Å². The summed E-state index contributed by atoms with van der Waals surface area (Å²) in [6.45, 7) is 0. The molecule has 2 aromatic rings. The normalized spacial score (nSPS) is 12.2. The minimum Gasteiger partial charge on any atom is -0.480 e. The van der Waals surface area contributed by atoms with Crippen LogP contribution in [-0.4, -0.2) is 37.3 Å².